The first kappa shape index (κ1) is 15.4. The molecule has 6 heteroatoms. The number of hydrazone groups is 1. The highest BCUT2D eigenvalue weighted by Crippen LogP contribution is 2.06. The Morgan fingerprint density at radius 2 is 1.73 bits per heavy atom. The van der Waals surface area contributed by atoms with Crippen LogP contribution in [0.4, 0.5) is 0 Å². The Morgan fingerprint density at radius 3 is 2.41 bits per heavy atom. The van der Waals surface area contributed by atoms with Crippen molar-refractivity contribution in [3.63, 3.8) is 0 Å². The SMILES string of the molecule is Cc1ccccc1/C=N/NC(=O)c1cccc(C(=O)NO)c1. The quantitative estimate of drug-likeness (QED) is 0.457. The maximum absolute atomic E-state index is 12.0. The minimum Gasteiger partial charge on any atom is -0.288 e. The summed E-state index contributed by atoms with van der Waals surface area (Å²) in [6, 6.07) is 13.6. The molecular weight excluding hydrogens is 282 g/mol. The summed E-state index contributed by atoms with van der Waals surface area (Å²) in [5, 5.41) is 12.5. The molecule has 2 rings (SSSR count). The number of carbonyl (C=O) groups is 2. The molecule has 0 aromatic heterocycles. The highest BCUT2D eigenvalue weighted by Gasteiger charge is 2.09. The molecule has 0 saturated heterocycles. The van der Waals surface area contributed by atoms with E-state index in [-0.39, 0.29) is 11.1 Å². The largest absolute Gasteiger partial charge is 0.288 e. The van der Waals surface area contributed by atoms with E-state index in [0.29, 0.717) is 0 Å². The molecule has 0 unspecified atom stereocenters. The normalized spacial score (nSPS) is 10.5. The number of hydrogen-bond donors (Lipinski definition) is 3. The van der Waals surface area contributed by atoms with Crippen molar-refractivity contribution in [2.75, 3.05) is 0 Å². The summed E-state index contributed by atoms with van der Waals surface area (Å²) in [6.07, 6.45) is 1.55. The molecule has 112 valence electrons. The molecule has 2 aromatic carbocycles. The van der Waals surface area contributed by atoms with Gasteiger partial charge < -0.3 is 0 Å². The average Bonchev–Trinajstić information content (AvgIpc) is 2.56. The second-order valence-corrected chi connectivity index (χ2v) is 4.58. The molecule has 22 heavy (non-hydrogen) atoms. The van der Waals surface area contributed by atoms with Gasteiger partial charge in [0.2, 0.25) is 0 Å². The maximum Gasteiger partial charge on any atom is 0.274 e. The third-order valence-electron chi connectivity index (χ3n) is 3.05. The average molecular weight is 297 g/mol. The molecule has 0 fully saturated rings. The van der Waals surface area contributed by atoms with Gasteiger partial charge in [0.25, 0.3) is 11.8 Å². The van der Waals surface area contributed by atoms with Crippen LogP contribution in [0, 0.1) is 6.92 Å². The molecule has 6 nitrogen and oxygen atoms in total. The number of nitrogens with one attached hydrogen (secondary N) is 2. The van der Waals surface area contributed by atoms with E-state index in [0.717, 1.165) is 11.1 Å². The highest BCUT2D eigenvalue weighted by atomic mass is 16.5. The second kappa shape index (κ2) is 7.14. The molecule has 0 bridgehead atoms. The topological polar surface area (TPSA) is 90.8 Å². The van der Waals surface area contributed by atoms with Crippen LogP contribution >= 0.6 is 0 Å². The minimum absolute atomic E-state index is 0.179. The minimum atomic E-state index is -0.682. The molecule has 0 aliphatic rings. The van der Waals surface area contributed by atoms with Crippen molar-refractivity contribution in [1.82, 2.24) is 10.9 Å². The molecule has 0 spiro atoms. The van der Waals surface area contributed by atoms with Gasteiger partial charge in [-0.1, -0.05) is 30.3 Å². The van der Waals surface area contributed by atoms with Gasteiger partial charge in [-0.05, 0) is 36.2 Å². The first-order valence-electron chi connectivity index (χ1n) is 6.55. The number of amides is 2. The summed E-state index contributed by atoms with van der Waals surface area (Å²) in [5.41, 5.74) is 6.30. The van der Waals surface area contributed by atoms with Crippen molar-refractivity contribution in [1.29, 1.82) is 0 Å². The zero-order chi connectivity index (χ0) is 15.9. The van der Waals surface area contributed by atoms with Crippen molar-refractivity contribution >= 4 is 18.0 Å². The van der Waals surface area contributed by atoms with Crippen molar-refractivity contribution < 1.29 is 14.8 Å². The lowest BCUT2D eigenvalue weighted by Crippen LogP contribution is -2.21. The number of nitrogens with zero attached hydrogens (tertiary/aromatic N) is 1. The van der Waals surface area contributed by atoms with Gasteiger partial charge in [-0.15, -0.1) is 0 Å². The molecule has 0 atom stereocenters. The Hall–Kier alpha value is -2.99. The molecule has 0 aliphatic carbocycles. The summed E-state index contributed by atoms with van der Waals surface area (Å²) in [4.78, 5) is 23.3. The lowest BCUT2D eigenvalue weighted by molar-refractivity contribution is 0.0706. The van der Waals surface area contributed by atoms with Crippen LogP contribution in [0.15, 0.2) is 53.6 Å². The molecule has 0 aliphatic heterocycles. The van der Waals surface area contributed by atoms with E-state index in [9.17, 15) is 9.59 Å². The van der Waals surface area contributed by atoms with Crippen molar-refractivity contribution in [3.8, 4) is 0 Å². The van der Waals surface area contributed by atoms with Crippen molar-refractivity contribution in [2.24, 2.45) is 5.10 Å². The Balaban J connectivity index is 2.07. The van der Waals surface area contributed by atoms with Crippen LogP contribution in [-0.2, 0) is 0 Å². The summed E-state index contributed by atoms with van der Waals surface area (Å²) in [5.74, 6) is -1.13. The Bertz CT molecular complexity index is 726. The van der Waals surface area contributed by atoms with Crippen molar-refractivity contribution in [3.05, 3.63) is 70.8 Å². The van der Waals surface area contributed by atoms with Gasteiger partial charge in [-0.3, -0.25) is 14.8 Å². The number of aryl methyl sites for hydroxylation is 1. The molecule has 0 radical (unpaired) electrons. The zero-order valence-corrected chi connectivity index (χ0v) is 11.9. The number of hydroxylamine groups is 1. The Labute approximate surface area is 127 Å². The number of carbonyl (C=O) groups excluding carboxylic acids is 2. The van der Waals surface area contributed by atoms with E-state index >= 15 is 0 Å². The molecule has 2 amide bonds. The predicted molar refractivity (Wildman–Crippen MR) is 81.9 cm³/mol. The summed E-state index contributed by atoms with van der Waals surface area (Å²) >= 11 is 0. The lowest BCUT2D eigenvalue weighted by atomic mass is 10.1. The smallest absolute Gasteiger partial charge is 0.274 e. The van der Waals surface area contributed by atoms with Crippen LogP contribution in [0.1, 0.15) is 31.8 Å². The van der Waals surface area contributed by atoms with Crippen LogP contribution in [0.25, 0.3) is 0 Å². The molecule has 3 N–H and O–H groups in total. The van der Waals surface area contributed by atoms with Gasteiger partial charge in [-0.2, -0.15) is 5.10 Å². The van der Waals surface area contributed by atoms with E-state index in [1.807, 2.05) is 31.2 Å². The Morgan fingerprint density at radius 1 is 1.05 bits per heavy atom. The van der Waals surface area contributed by atoms with E-state index in [4.69, 9.17) is 5.21 Å². The second-order valence-electron chi connectivity index (χ2n) is 4.58. The molecule has 0 saturated carbocycles. The monoisotopic (exact) mass is 297 g/mol. The van der Waals surface area contributed by atoms with Gasteiger partial charge >= 0.3 is 0 Å². The molecule has 0 heterocycles. The third-order valence-corrected chi connectivity index (χ3v) is 3.05. The summed E-state index contributed by atoms with van der Waals surface area (Å²) in [7, 11) is 0. The lowest BCUT2D eigenvalue weighted by Gasteiger charge is -2.03. The van der Waals surface area contributed by atoms with Gasteiger partial charge in [0.15, 0.2) is 0 Å². The first-order chi connectivity index (χ1) is 10.6. The van der Waals surface area contributed by atoms with Crippen LogP contribution in [-0.4, -0.2) is 23.2 Å². The van der Waals surface area contributed by atoms with E-state index in [2.05, 4.69) is 10.5 Å². The van der Waals surface area contributed by atoms with Gasteiger partial charge in [-0.25, -0.2) is 10.9 Å². The van der Waals surface area contributed by atoms with Crippen LogP contribution < -0.4 is 10.9 Å². The fourth-order valence-electron chi connectivity index (χ4n) is 1.82. The Kier molecular flexibility index (Phi) is 5.00. The van der Waals surface area contributed by atoms with Gasteiger partial charge in [0.05, 0.1) is 6.21 Å². The first-order valence-corrected chi connectivity index (χ1v) is 6.55. The van der Waals surface area contributed by atoms with Crippen LogP contribution in [0.5, 0.6) is 0 Å². The highest BCUT2D eigenvalue weighted by molar-refractivity contribution is 5.99. The third kappa shape index (κ3) is 3.77. The standard InChI is InChI=1S/C16H15N3O3/c1-11-5-2-3-6-14(11)10-17-18-15(20)12-7-4-8-13(9-12)16(21)19-22/h2-10,22H,1H3,(H,18,20)(H,19,21)/b17-10+. The summed E-state index contributed by atoms with van der Waals surface area (Å²) < 4.78 is 0. The number of rotatable bonds is 4. The van der Waals surface area contributed by atoms with Gasteiger partial charge in [0.1, 0.15) is 0 Å². The van der Waals surface area contributed by atoms with Crippen LogP contribution in [0.3, 0.4) is 0 Å². The molecular formula is C16H15N3O3. The fraction of sp³-hybridized carbons (Fsp3) is 0.0625. The van der Waals surface area contributed by atoms with E-state index in [1.54, 1.807) is 18.3 Å². The zero-order valence-electron chi connectivity index (χ0n) is 11.9. The van der Waals surface area contributed by atoms with E-state index in [1.165, 1.54) is 17.6 Å². The fourth-order valence-corrected chi connectivity index (χ4v) is 1.82. The number of benzene rings is 2. The maximum atomic E-state index is 12.0. The molecule has 2 aromatic rings. The summed E-state index contributed by atoms with van der Waals surface area (Å²) in [6.45, 7) is 1.94. The van der Waals surface area contributed by atoms with Crippen LogP contribution in [0.2, 0.25) is 0 Å². The number of hydrogen-bond acceptors (Lipinski definition) is 4. The van der Waals surface area contributed by atoms with Crippen molar-refractivity contribution in [2.45, 2.75) is 6.92 Å². The van der Waals surface area contributed by atoms with Gasteiger partial charge in [0, 0.05) is 11.1 Å². The predicted octanol–water partition coefficient (Wildman–Crippen LogP) is 1.88. The van der Waals surface area contributed by atoms with E-state index < -0.39 is 11.8 Å².